The zero-order valence-corrected chi connectivity index (χ0v) is 16.5. The Kier molecular flexibility index (Phi) is 4.82. The van der Waals surface area contributed by atoms with Crippen LogP contribution < -0.4 is 0 Å². The van der Waals surface area contributed by atoms with Crippen LogP contribution in [-0.4, -0.2) is 61.4 Å². The highest BCUT2D eigenvalue weighted by Crippen LogP contribution is 2.30. The molecule has 8 heteroatoms. The van der Waals surface area contributed by atoms with Gasteiger partial charge in [-0.3, -0.25) is 9.78 Å². The first kappa shape index (κ1) is 18.9. The van der Waals surface area contributed by atoms with Gasteiger partial charge in [-0.05, 0) is 37.3 Å². The topological polar surface area (TPSA) is 93.6 Å². The molecule has 0 saturated carbocycles. The van der Waals surface area contributed by atoms with Crippen molar-refractivity contribution in [1.29, 1.82) is 0 Å². The van der Waals surface area contributed by atoms with Gasteiger partial charge in [0.1, 0.15) is 0 Å². The maximum atomic E-state index is 12.9. The van der Waals surface area contributed by atoms with Gasteiger partial charge in [0.15, 0.2) is 16.4 Å². The number of pyridine rings is 1. The largest absolute Gasteiger partial charge is 0.452 e. The number of carbonyl (C=O) groups excluding carboxylic acids is 2. The first-order valence-electron chi connectivity index (χ1n) is 9.39. The molecule has 2 aromatic rings. The van der Waals surface area contributed by atoms with Gasteiger partial charge in [-0.2, -0.15) is 0 Å². The van der Waals surface area contributed by atoms with E-state index < -0.39 is 28.3 Å². The number of para-hydroxylation sites is 1. The third-order valence-corrected chi connectivity index (χ3v) is 7.35. The average molecular weight is 402 g/mol. The molecule has 4 rings (SSSR count). The number of carbonyl (C=O) groups is 2. The third kappa shape index (κ3) is 3.48. The lowest BCUT2D eigenvalue weighted by atomic mass is 10.0. The van der Waals surface area contributed by atoms with Gasteiger partial charge < -0.3 is 9.64 Å². The Bertz CT molecular complexity index is 1060. The van der Waals surface area contributed by atoms with Crippen LogP contribution in [0.1, 0.15) is 34.5 Å². The smallest absolute Gasteiger partial charge is 0.339 e. The predicted octanol–water partition coefficient (Wildman–Crippen LogP) is 1.53. The molecular weight excluding hydrogens is 380 g/mol. The number of aryl methyl sites for hydroxylation is 1. The van der Waals surface area contributed by atoms with E-state index >= 15 is 0 Å². The Morgan fingerprint density at radius 2 is 2.04 bits per heavy atom. The molecule has 0 radical (unpaired) electrons. The second-order valence-electron chi connectivity index (χ2n) is 7.42. The fourth-order valence-electron chi connectivity index (χ4n) is 4.03. The van der Waals surface area contributed by atoms with Crippen LogP contribution in [0.2, 0.25) is 0 Å². The third-order valence-electron chi connectivity index (χ3n) is 5.60. The van der Waals surface area contributed by atoms with Crippen LogP contribution in [0.4, 0.5) is 0 Å². The molecule has 1 aromatic heterocycles. The van der Waals surface area contributed by atoms with E-state index in [1.165, 1.54) is 4.90 Å². The highest BCUT2D eigenvalue weighted by Gasteiger charge is 2.33. The van der Waals surface area contributed by atoms with Crippen LogP contribution in [0.5, 0.6) is 0 Å². The van der Waals surface area contributed by atoms with Gasteiger partial charge in [-0.15, -0.1) is 0 Å². The zero-order valence-electron chi connectivity index (χ0n) is 15.7. The fraction of sp³-hybridized carbons (Fsp3) is 0.450. The van der Waals surface area contributed by atoms with Crippen LogP contribution in [0, 0.1) is 0 Å². The van der Waals surface area contributed by atoms with Gasteiger partial charge in [-0.25, -0.2) is 13.2 Å². The van der Waals surface area contributed by atoms with Gasteiger partial charge in [0.25, 0.3) is 5.91 Å². The quantitative estimate of drug-likeness (QED) is 0.720. The molecule has 2 aliphatic rings. The summed E-state index contributed by atoms with van der Waals surface area (Å²) in [5.74, 6) is -0.876. The van der Waals surface area contributed by atoms with Gasteiger partial charge in [0, 0.05) is 24.2 Å². The molecule has 0 bridgehead atoms. The summed E-state index contributed by atoms with van der Waals surface area (Å²) >= 11 is 0. The zero-order chi connectivity index (χ0) is 19.9. The Hall–Kier alpha value is -2.48. The van der Waals surface area contributed by atoms with Crippen LogP contribution in [0.15, 0.2) is 24.3 Å². The minimum atomic E-state index is -3.09. The molecule has 1 aromatic carbocycles. The van der Waals surface area contributed by atoms with E-state index in [1.54, 1.807) is 7.05 Å². The molecular formula is C20H22N2O5S. The summed E-state index contributed by atoms with van der Waals surface area (Å²) < 4.78 is 28.6. The SMILES string of the molecule is CN(C(=O)COC(=O)c1c2c(nc3ccccc13)CCC2)[C@H]1CCS(=O)(=O)C1. The lowest BCUT2D eigenvalue weighted by molar-refractivity contribution is -0.134. The summed E-state index contributed by atoms with van der Waals surface area (Å²) in [5.41, 5.74) is 3.07. The van der Waals surface area contributed by atoms with E-state index in [0.717, 1.165) is 41.4 Å². The minimum Gasteiger partial charge on any atom is -0.452 e. The Balaban J connectivity index is 1.51. The van der Waals surface area contributed by atoms with E-state index in [-0.39, 0.29) is 17.5 Å². The van der Waals surface area contributed by atoms with Crippen molar-refractivity contribution in [3.63, 3.8) is 0 Å². The second-order valence-corrected chi connectivity index (χ2v) is 9.65. The van der Waals surface area contributed by atoms with Crippen molar-refractivity contribution in [3.8, 4) is 0 Å². The summed E-state index contributed by atoms with van der Waals surface area (Å²) in [6.45, 7) is -0.405. The van der Waals surface area contributed by atoms with Crippen LogP contribution >= 0.6 is 0 Å². The van der Waals surface area contributed by atoms with Crippen molar-refractivity contribution >= 4 is 32.6 Å². The number of benzene rings is 1. The highest BCUT2D eigenvalue weighted by atomic mass is 32.2. The van der Waals surface area contributed by atoms with E-state index in [0.29, 0.717) is 12.0 Å². The Labute approximate surface area is 163 Å². The van der Waals surface area contributed by atoms with E-state index in [2.05, 4.69) is 4.98 Å². The van der Waals surface area contributed by atoms with Gasteiger partial charge in [0.2, 0.25) is 0 Å². The van der Waals surface area contributed by atoms with Crippen LogP contribution in [0.25, 0.3) is 10.9 Å². The van der Waals surface area contributed by atoms with Crippen LogP contribution in [0.3, 0.4) is 0 Å². The molecule has 1 aliphatic carbocycles. The summed E-state index contributed by atoms with van der Waals surface area (Å²) in [6, 6.07) is 7.07. The van der Waals surface area contributed by atoms with Crippen molar-refractivity contribution < 1.29 is 22.7 Å². The van der Waals surface area contributed by atoms with Crippen molar-refractivity contribution in [2.75, 3.05) is 25.2 Å². The number of amides is 1. The number of ether oxygens (including phenoxy) is 1. The molecule has 1 amide bonds. The summed E-state index contributed by atoms with van der Waals surface area (Å²) in [7, 11) is -1.53. The molecule has 2 heterocycles. The molecule has 1 aliphatic heterocycles. The lowest BCUT2D eigenvalue weighted by Crippen LogP contribution is -2.40. The average Bonchev–Trinajstić information content (AvgIpc) is 3.28. The summed E-state index contributed by atoms with van der Waals surface area (Å²) in [6.07, 6.45) is 2.96. The number of esters is 1. The monoisotopic (exact) mass is 402 g/mol. The van der Waals surface area contributed by atoms with Crippen molar-refractivity contribution in [1.82, 2.24) is 9.88 Å². The normalized spacial score (nSPS) is 20.1. The van der Waals surface area contributed by atoms with Crippen LogP contribution in [-0.2, 0) is 32.2 Å². The molecule has 28 heavy (non-hydrogen) atoms. The highest BCUT2D eigenvalue weighted by molar-refractivity contribution is 7.91. The van der Waals surface area contributed by atoms with Crippen molar-refractivity contribution in [3.05, 3.63) is 41.1 Å². The van der Waals surface area contributed by atoms with E-state index in [9.17, 15) is 18.0 Å². The molecule has 0 unspecified atom stereocenters. The van der Waals surface area contributed by atoms with Crippen molar-refractivity contribution in [2.45, 2.75) is 31.7 Å². The maximum Gasteiger partial charge on any atom is 0.339 e. The summed E-state index contributed by atoms with van der Waals surface area (Å²) in [5, 5.41) is 0.732. The predicted molar refractivity (Wildman–Crippen MR) is 104 cm³/mol. The standard InChI is InChI=1S/C20H22N2O5S/c1-22(13-9-10-28(25,26)12-13)18(23)11-27-20(24)19-14-5-2-3-7-16(14)21-17-8-4-6-15(17)19/h2-3,5,7,13H,4,6,8-12H2,1H3/t13-/m0/s1. The van der Waals surface area contributed by atoms with Crippen molar-refractivity contribution in [2.24, 2.45) is 0 Å². The second kappa shape index (κ2) is 7.16. The lowest BCUT2D eigenvalue weighted by Gasteiger charge is -2.23. The number of fused-ring (bicyclic) bond motifs is 2. The molecule has 1 fully saturated rings. The van der Waals surface area contributed by atoms with E-state index in [1.807, 2.05) is 24.3 Å². The van der Waals surface area contributed by atoms with Gasteiger partial charge >= 0.3 is 5.97 Å². The fourth-order valence-corrected chi connectivity index (χ4v) is 5.80. The number of hydrogen-bond acceptors (Lipinski definition) is 6. The maximum absolute atomic E-state index is 12.9. The number of likely N-dealkylation sites (N-methyl/N-ethyl adjacent to an activating group) is 1. The van der Waals surface area contributed by atoms with Gasteiger partial charge in [-0.1, -0.05) is 18.2 Å². The molecule has 1 atom stereocenters. The van der Waals surface area contributed by atoms with Gasteiger partial charge in [0.05, 0.1) is 22.6 Å². The molecule has 7 nitrogen and oxygen atoms in total. The number of hydrogen-bond donors (Lipinski definition) is 0. The Morgan fingerprint density at radius 3 is 2.79 bits per heavy atom. The van der Waals surface area contributed by atoms with E-state index in [4.69, 9.17) is 4.74 Å². The molecule has 148 valence electrons. The minimum absolute atomic E-state index is 0.0360. The summed E-state index contributed by atoms with van der Waals surface area (Å²) in [4.78, 5) is 31.3. The first-order chi connectivity index (χ1) is 13.4. The number of sulfone groups is 1. The number of aromatic nitrogens is 1. The molecule has 0 spiro atoms. The number of rotatable bonds is 4. The molecule has 0 N–H and O–H groups in total. The molecule has 1 saturated heterocycles. The number of nitrogens with zero attached hydrogens (tertiary/aromatic N) is 2. The Morgan fingerprint density at radius 1 is 1.25 bits per heavy atom. The first-order valence-corrected chi connectivity index (χ1v) is 11.2.